The molecule has 2 unspecified atom stereocenters. The predicted octanol–water partition coefficient (Wildman–Crippen LogP) is 1.71. The molecule has 0 amide bonds. The third-order valence-electron chi connectivity index (χ3n) is 4.39. The van der Waals surface area contributed by atoms with E-state index in [4.69, 9.17) is 4.74 Å². The highest BCUT2D eigenvalue weighted by molar-refractivity contribution is 5.75. The van der Waals surface area contributed by atoms with Crippen LogP contribution < -0.4 is 0 Å². The molecule has 0 radical (unpaired) electrons. The van der Waals surface area contributed by atoms with E-state index in [1.807, 2.05) is 0 Å². The van der Waals surface area contributed by atoms with Crippen LogP contribution in [0.4, 0.5) is 0 Å². The smallest absolute Gasteiger partial charge is 0.323 e. The van der Waals surface area contributed by atoms with Crippen molar-refractivity contribution in [2.24, 2.45) is 0 Å². The van der Waals surface area contributed by atoms with E-state index in [1.54, 1.807) is 0 Å². The monoisotopic (exact) mass is 255 g/mol. The summed E-state index contributed by atoms with van der Waals surface area (Å²) in [4.78, 5) is 14.1. The molecular formula is C14H25NO3. The van der Waals surface area contributed by atoms with Gasteiger partial charge in [-0.2, -0.15) is 0 Å². The minimum absolute atomic E-state index is 0.133. The third-order valence-corrected chi connectivity index (χ3v) is 4.39. The van der Waals surface area contributed by atoms with Crippen molar-refractivity contribution in [2.45, 2.75) is 69.6 Å². The van der Waals surface area contributed by atoms with E-state index in [0.29, 0.717) is 0 Å². The van der Waals surface area contributed by atoms with Gasteiger partial charge in [0.05, 0.1) is 13.2 Å². The van der Waals surface area contributed by atoms with Crippen LogP contribution in [0.2, 0.25) is 0 Å². The second-order valence-corrected chi connectivity index (χ2v) is 5.55. The summed E-state index contributed by atoms with van der Waals surface area (Å²) >= 11 is 0. The van der Waals surface area contributed by atoms with Crippen molar-refractivity contribution < 1.29 is 14.6 Å². The van der Waals surface area contributed by atoms with E-state index in [-0.39, 0.29) is 24.2 Å². The molecule has 1 aliphatic heterocycles. The molecule has 1 heterocycles. The molecule has 1 N–H and O–H groups in total. The van der Waals surface area contributed by atoms with Crippen molar-refractivity contribution >= 4 is 5.97 Å². The van der Waals surface area contributed by atoms with E-state index in [1.165, 1.54) is 13.5 Å². The second-order valence-electron chi connectivity index (χ2n) is 5.55. The van der Waals surface area contributed by atoms with Gasteiger partial charge in [0.15, 0.2) is 0 Å². The first-order valence-electron chi connectivity index (χ1n) is 7.25. The highest BCUT2D eigenvalue weighted by Gasteiger charge is 2.37. The van der Waals surface area contributed by atoms with Crippen LogP contribution in [0.3, 0.4) is 0 Å². The molecule has 3 atom stereocenters. The van der Waals surface area contributed by atoms with Crippen LogP contribution in [0, 0.1) is 0 Å². The Bertz CT molecular complexity index is 282. The number of piperidine rings is 1. The summed E-state index contributed by atoms with van der Waals surface area (Å²) in [5.74, 6) is -0.133. The second kappa shape index (κ2) is 6.53. The number of likely N-dealkylation sites (tertiary alicyclic amines) is 1. The van der Waals surface area contributed by atoms with Gasteiger partial charge < -0.3 is 9.84 Å². The molecule has 2 fully saturated rings. The first kappa shape index (κ1) is 13.8. The van der Waals surface area contributed by atoms with E-state index in [2.05, 4.69) is 4.90 Å². The summed E-state index contributed by atoms with van der Waals surface area (Å²) in [5.41, 5.74) is 0. The van der Waals surface area contributed by atoms with Gasteiger partial charge in [-0.15, -0.1) is 0 Å². The number of carbonyl (C=O) groups is 1. The maximum absolute atomic E-state index is 11.9. The van der Waals surface area contributed by atoms with Crippen molar-refractivity contribution in [1.82, 2.24) is 4.90 Å². The quantitative estimate of drug-likeness (QED) is 0.603. The Morgan fingerprint density at radius 3 is 2.61 bits per heavy atom. The van der Waals surface area contributed by atoms with Gasteiger partial charge in [-0.25, -0.2) is 0 Å². The minimum atomic E-state index is -0.280. The summed E-state index contributed by atoms with van der Waals surface area (Å²) in [6, 6.07) is 0.0124. The zero-order chi connectivity index (χ0) is 13.0. The fourth-order valence-electron chi connectivity index (χ4n) is 3.40. The van der Waals surface area contributed by atoms with Crippen molar-refractivity contribution in [3.8, 4) is 0 Å². The van der Waals surface area contributed by atoms with Crippen LogP contribution in [-0.2, 0) is 9.53 Å². The third kappa shape index (κ3) is 3.04. The lowest BCUT2D eigenvalue weighted by Gasteiger charge is -2.41. The Kier molecular flexibility index (Phi) is 5.01. The Hall–Kier alpha value is -0.610. The van der Waals surface area contributed by atoms with Crippen molar-refractivity contribution in [3.63, 3.8) is 0 Å². The van der Waals surface area contributed by atoms with Crippen LogP contribution >= 0.6 is 0 Å². The van der Waals surface area contributed by atoms with Crippen LogP contribution in [-0.4, -0.2) is 47.8 Å². The van der Waals surface area contributed by atoms with Crippen LogP contribution in [0.5, 0.6) is 0 Å². The zero-order valence-electron chi connectivity index (χ0n) is 11.3. The number of methoxy groups -OCH3 is 1. The van der Waals surface area contributed by atoms with Gasteiger partial charge in [0.1, 0.15) is 6.04 Å². The number of esters is 1. The summed E-state index contributed by atoms with van der Waals surface area (Å²) < 4.78 is 4.92. The molecule has 104 valence electrons. The van der Waals surface area contributed by atoms with Gasteiger partial charge in [0.2, 0.25) is 0 Å². The van der Waals surface area contributed by atoms with Gasteiger partial charge in [-0.05, 0) is 32.2 Å². The van der Waals surface area contributed by atoms with Crippen LogP contribution in [0.15, 0.2) is 0 Å². The number of hydrogen-bond acceptors (Lipinski definition) is 4. The number of ether oxygens (including phenoxy) is 1. The van der Waals surface area contributed by atoms with Crippen LogP contribution in [0.1, 0.15) is 51.4 Å². The molecule has 2 rings (SSSR count). The average Bonchev–Trinajstić information content (AvgIpc) is 2.62. The molecule has 4 heteroatoms. The maximum Gasteiger partial charge on any atom is 0.323 e. The molecule has 0 aromatic heterocycles. The summed E-state index contributed by atoms with van der Waals surface area (Å²) in [6.07, 6.45) is 8.14. The Morgan fingerprint density at radius 2 is 1.83 bits per heavy atom. The van der Waals surface area contributed by atoms with Gasteiger partial charge in [0.25, 0.3) is 0 Å². The van der Waals surface area contributed by atoms with Gasteiger partial charge in [0, 0.05) is 6.04 Å². The lowest BCUT2D eigenvalue weighted by molar-refractivity contribution is -0.151. The number of aliphatic hydroxyl groups excluding tert-OH is 1. The van der Waals surface area contributed by atoms with E-state index >= 15 is 0 Å². The molecular weight excluding hydrogens is 230 g/mol. The predicted molar refractivity (Wildman–Crippen MR) is 69.2 cm³/mol. The number of hydrogen-bond donors (Lipinski definition) is 1. The minimum Gasteiger partial charge on any atom is -0.468 e. The Morgan fingerprint density at radius 1 is 1.11 bits per heavy atom. The van der Waals surface area contributed by atoms with Crippen molar-refractivity contribution in [3.05, 3.63) is 0 Å². The number of rotatable bonds is 2. The normalized spacial score (nSPS) is 34.9. The molecule has 18 heavy (non-hydrogen) atoms. The van der Waals surface area contributed by atoms with Crippen LogP contribution in [0.25, 0.3) is 0 Å². The largest absolute Gasteiger partial charge is 0.468 e. The molecule has 1 saturated carbocycles. The lowest BCUT2D eigenvalue weighted by Crippen LogP contribution is -2.54. The standard InChI is InChI=1S/C14H25NO3/c1-18-14(17)12-8-5-6-10-15(12)11-7-3-2-4-9-13(11)16/h11-13,16H,2-10H2,1H3/t11?,12-,13?/m1/s1. The Labute approximate surface area is 109 Å². The molecule has 0 aromatic carbocycles. The summed E-state index contributed by atoms with van der Waals surface area (Å²) in [6.45, 7) is 0.918. The number of nitrogens with zero attached hydrogens (tertiary/aromatic N) is 1. The highest BCUT2D eigenvalue weighted by atomic mass is 16.5. The summed E-state index contributed by atoms with van der Waals surface area (Å²) in [7, 11) is 1.46. The van der Waals surface area contributed by atoms with Crippen molar-refractivity contribution in [2.75, 3.05) is 13.7 Å². The summed E-state index contributed by atoms with van der Waals surface area (Å²) in [5, 5.41) is 10.3. The zero-order valence-corrected chi connectivity index (χ0v) is 11.3. The Balaban J connectivity index is 2.08. The molecule has 0 bridgehead atoms. The number of aliphatic hydroxyl groups is 1. The fourth-order valence-corrected chi connectivity index (χ4v) is 3.40. The topological polar surface area (TPSA) is 49.8 Å². The first-order valence-corrected chi connectivity index (χ1v) is 7.25. The highest BCUT2D eigenvalue weighted by Crippen LogP contribution is 2.28. The molecule has 2 aliphatic rings. The van der Waals surface area contributed by atoms with E-state index in [0.717, 1.165) is 51.5 Å². The van der Waals surface area contributed by atoms with E-state index in [9.17, 15) is 9.90 Å². The molecule has 0 aromatic rings. The van der Waals surface area contributed by atoms with Gasteiger partial charge in [-0.1, -0.05) is 25.7 Å². The number of carbonyl (C=O) groups excluding carboxylic acids is 1. The van der Waals surface area contributed by atoms with Crippen molar-refractivity contribution in [1.29, 1.82) is 0 Å². The SMILES string of the molecule is COC(=O)[C@H]1CCCCN1C1CCCCCC1O. The molecule has 0 spiro atoms. The maximum atomic E-state index is 11.9. The van der Waals surface area contributed by atoms with Gasteiger partial charge >= 0.3 is 5.97 Å². The molecule has 1 aliphatic carbocycles. The first-order chi connectivity index (χ1) is 8.74. The lowest BCUT2D eigenvalue weighted by atomic mass is 9.95. The van der Waals surface area contributed by atoms with E-state index < -0.39 is 0 Å². The van der Waals surface area contributed by atoms with Gasteiger partial charge in [-0.3, -0.25) is 9.69 Å². The molecule has 4 nitrogen and oxygen atoms in total. The average molecular weight is 255 g/mol. The fraction of sp³-hybridized carbons (Fsp3) is 0.929. The molecule has 1 saturated heterocycles.